The minimum absolute atomic E-state index is 0.0580. The van der Waals surface area contributed by atoms with Gasteiger partial charge in [-0.3, -0.25) is 0 Å². The Bertz CT molecular complexity index is 926. The summed E-state index contributed by atoms with van der Waals surface area (Å²) in [6.07, 6.45) is 2.35. The molecular weight excluding hydrogens is 319 g/mol. The molecule has 2 aromatic carbocycles. The van der Waals surface area contributed by atoms with Gasteiger partial charge in [0.2, 0.25) is 0 Å². The van der Waals surface area contributed by atoms with Crippen molar-refractivity contribution in [3.05, 3.63) is 48.3 Å². The maximum Gasteiger partial charge on any atom is 0.165 e. The zero-order valence-electron chi connectivity index (χ0n) is 13.6. The lowest BCUT2D eigenvalue weighted by Crippen LogP contribution is -2.31. The summed E-state index contributed by atoms with van der Waals surface area (Å²) in [7, 11) is 0. The first-order valence-electron chi connectivity index (χ1n) is 8.37. The predicted octanol–water partition coefficient (Wildman–Crippen LogP) is 3.29. The van der Waals surface area contributed by atoms with Crippen LogP contribution < -0.4 is 11.1 Å². The smallest absolute Gasteiger partial charge is 0.165 e. The highest BCUT2D eigenvalue weighted by molar-refractivity contribution is 5.90. The molecule has 1 fully saturated rings. The molecule has 1 aliphatic rings. The molecule has 0 bridgehead atoms. The number of aromatic nitrogens is 2. The van der Waals surface area contributed by atoms with Gasteiger partial charge in [0.25, 0.3) is 0 Å². The number of rotatable bonds is 5. The van der Waals surface area contributed by atoms with Crippen LogP contribution in [0.1, 0.15) is 12.8 Å². The number of hydrogen-bond donors (Lipinski definition) is 3. The number of phenols is 1. The van der Waals surface area contributed by atoms with Gasteiger partial charge in [-0.1, -0.05) is 12.1 Å². The number of aromatic hydroxyl groups is 1. The number of para-hydroxylation sites is 1. The van der Waals surface area contributed by atoms with Crippen LogP contribution in [0.3, 0.4) is 0 Å². The van der Waals surface area contributed by atoms with E-state index in [0.29, 0.717) is 18.3 Å². The molecule has 1 saturated carbocycles. The van der Waals surface area contributed by atoms with E-state index in [-0.39, 0.29) is 23.2 Å². The van der Waals surface area contributed by atoms with Crippen molar-refractivity contribution < 1.29 is 9.50 Å². The topological polar surface area (TPSA) is 84.1 Å². The van der Waals surface area contributed by atoms with Crippen LogP contribution in [-0.2, 0) is 0 Å². The molecule has 25 heavy (non-hydrogen) atoms. The lowest BCUT2D eigenvalue weighted by atomic mass is 10.1. The van der Waals surface area contributed by atoms with Crippen molar-refractivity contribution in [2.75, 3.05) is 11.9 Å². The van der Waals surface area contributed by atoms with Crippen LogP contribution in [0, 0.1) is 11.7 Å². The number of halogens is 1. The summed E-state index contributed by atoms with van der Waals surface area (Å²) in [6, 6.07) is 11.4. The van der Waals surface area contributed by atoms with Gasteiger partial charge in [0, 0.05) is 18.0 Å². The van der Waals surface area contributed by atoms with Crippen molar-refractivity contribution in [2.45, 2.75) is 18.9 Å². The predicted molar refractivity (Wildman–Crippen MR) is 95.8 cm³/mol. The largest absolute Gasteiger partial charge is 0.507 e. The third kappa shape index (κ3) is 3.25. The van der Waals surface area contributed by atoms with Crippen molar-refractivity contribution >= 4 is 16.7 Å². The highest BCUT2D eigenvalue weighted by atomic mass is 19.1. The average Bonchev–Trinajstić information content (AvgIpc) is 3.46. The van der Waals surface area contributed by atoms with E-state index in [4.69, 9.17) is 5.73 Å². The first-order chi connectivity index (χ1) is 12.1. The van der Waals surface area contributed by atoms with E-state index in [0.717, 1.165) is 10.9 Å². The van der Waals surface area contributed by atoms with Crippen LogP contribution >= 0.6 is 0 Å². The van der Waals surface area contributed by atoms with Crippen LogP contribution in [0.2, 0.25) is 0 Å². The molecule has 1 atom stereocenters. The molecule has 1 aliphatic carbocycles. The van der Waals surface area contributed by atoms with Crippen LogP contribution in [0.4, 0.5) is 10.2 Å². The second-order valence-electron chi connectivity index (χ2n) is 6.46. The van der Waals surface area contributed by atoms with E-state index in [1.165, 1.54) is 31.0 Å². The van der Waals surface area contributed by atoms with Gasteiger partial charge in [-0.2, -0.15) is 0 Å². The molecule has 3 aromatic rings. The number of nitrogens with zero attached hydrogens (tertiary/aromatic N) is 2. The maximum absolute atomic E-state index is 13.6. The Morgan fingerprint density at radius 2 is 2.00 bits per heavy atom. The van der Waals surface area contributed by atoms with Crippen LogP contribution in [0.15, 0.2) is 42.5 Å². The van der Waals surface area contributed by atoms with Gasteiger partial charge in [-0.15, -0.1) is 0 Å². The zero-order valence-corrected chi connectivity index (χ0v) is 13.6. The van der Waals surface area contributed by atoms with Gasteiger partial charge in [0.15, 0.2) is 5.82 Å². The van der Waals surface area contributed by atoms with Crippen molar-refractivity contribution in [3.63, 3.8) is 0 Å². The highest BCUT2D eigenvalue weighted by Gasteiger charge is 2.28. The van der Waals surface area contributed by atoms with Gasteiger partial charge in [0.05, 0.1) is 11.1 Å². The summed E-state index contributed by atoms with van der Waals surface area (Å²) in [6.45, 7) is 0.611. The Hall–Kier alpha value is -2.73. The number of hydrogen-bond acceptors (Lipinski definition) is 5. The standard InChI is InChI=1S/C19H19FN4O/c20-12-7-8-17(25)14(9-12)19-23-16-4-2-1-3-13(16)18(24-19)22-10-15(21)11-5-6-11/h1-4,7-9,11,15,25H,5-6,10,21H2,(H,22,23,24)/t15-/m1/s1. The third-order valence-corrected chi connectivity index (χ3v) is 4.54. The Morgan fingerprint density at radius 3 is 2.80 bits per heavy atom. The minimum atomic E-state index is -0.449. The molecule has 0 radical (unpaired) electrons. The summed E-state index contributed by atoms with van der Waals surface area (Å²) in [5, 5.41) is 14.2. The van der Waals surface area contributed by atoms with Crippen LogP contribution in [0.25, 0.3) is 22.3 Å². The maximum atomic E-state index is 13.6. The van der Waals surface area contributed by atoms with Crippen molar-refractivity contribution in [2.24, 2.45) is 11.7 Å². The average molecular weight is 338 g/mol. The lowest BCUT2D eigenvalue weighted by Gasteiger charge is -2.15. The van der Waals surface area contributed by atoms with Crippen LogP contribution in [0.5, 0.6) is 5.75 Å². The molecular formula is C19H19FN4O. The molecule has 128 valence electrons. The number of phenolic OH excluding ortho intramolecular Hbond substituents is 1. The third-order valence-electron chi connectivity index (χ3n) is 4.54. The number of fused-ring (bicyclic) bond motifs is 1. The zero-order chi connectivity index (χ0) is 17.4. The fourth-order valence-corrected chi connectivity index (χ4v) is 2.92. The summed E-state index contributed by atoms with van der Waals surface area (Å²) in [4.78, 5) is 8.99. The minimum Gasteiger partial charge on any atom is -0.507 e. The van der Waals surface area contributed by atoms with Crippen molar-refractivity contribution in [3.8, 4) is 17.1 Å². The summed E-state index contributed by atoms with van der Waals surface area (Å²) < 4.78 is 13.6. The van der Waals surface area contributed by atoms with E-state index in [1.807, 2.05) is 24.3 Å². The fraction of sp³-hybridized carbons (Fsp3) is 0.263. The van der Waals surface area contributed by atoms with Gasteiger partial charge >= 0.3 is 0 Å². The summed E-state index contributed by atoms with van der Waals surface area (Å²) >= 11 is 0. The molecule has 0 unspecified atom stereocenters. The van der Waals surface area contributed by atoms with E-state index in [2.05, 4.69) is 15.3 Å². The van der Waals surface area contributed by atoms with E-state index in [9.17, 15) is 9.50 Å². The normalized spacial score (nSPS) is 15.3. The molecule has 4 rings (SSSR count). The van der Waals surface area contributed by atoms with Crippen molar-refractivity contribution in [1.82, 2.24) is 9.97 Å². The molecule has 0 saturated heterocycles. The number of nitrogens with two attached hydrogens (primary N) is 1. The summed E-state index contributed by atoms with van der Waals surface area (Å²) in [5.74, 6) is 0.984. The van der Waals surface area contributed by atoms with Gasteiger partial charge in [-0.25, -0.2) is 14.4 Å². The SMILES string of the molecule is N[C@H](CNc1nc(-c2cc(F)ccc2O)nc2ccccc12)C1CC1. The molecule has 1 aromatic heterocycles. The molecule has 4 N–H and O–H groups in total. The van der Waals surface area contributed by atoms with Gasteiger partial charge < -0.3 is 16.2 Å². The number of nitrogens with one attached hydrogen (secondary N) is 1. The van der Waals surface area contributed by atoms with Gasteiger partial charge in [-0.05, 0) is 49.1 Å². The molecule has 0 amide bonds. The number of benzene rings is 2. The molecule has 5 nitrogen and oxygen atoms in total. The van der Waals surface area contributed by atoms with E-state index < -0.39 is 5.82 Å². The highest BCUT2D eigenvalue weighted by Crippen LogP contribution is 2.33. The lowest BCUT2D eigenvalue weighted by molar-refractivity contribution is 0.475. The fourth-order valence-electron chi connectivity index (χ4n) is 2.92. The first kappa shape index (κ1) is 15.8. The Labute approximate surface area is 144 Å². The Kier molecular flexibility index (Phi) is 3.97. The Balaban J connectivity index is 1.76. The molecule has 0 aliphatic heterocycles. The number of anilines is 1. The monoisotopic (exact) mass is 338 g/mol. The second kappa shape index (κ2) is 6.29. The van der Waals surface area contributed by atoms with E-state index >= 15 is 0 Å². The first-order valence-corrected chi connectivity index (χ1v) is 8.37. The van der Waals surface area contributed by atoms with E-state index in [1.54, 1.807) is 0 Å². The quantitative estimate of drug-likeness (QED) is 0.665. The molecule has 1 heterocycles. The Morgan fingerprint density at radius 1 is 1.20 bits per heavy atom. The van der Waals surface area contributed by atoms with Crippen LogP contribution in [-0.4, -0.2) is 27.7 Å². The molecule has 6 heteroatoms. The molecule has 0 spiro atoms. The van der Waals surface area contributed by atoms with Crippen molar-refractivity contribution in [1.29, 1.82) is 0 Å². The summed E-state index contributed by atoms with van der Waals surface area (Å²) in [5.41, 5.74) is 7.15. The second-order valence-corrected chi connectivity index (χ2v) is 6.46. The van der Waals surface area contributed by atoms with Gasteiger partial charge in [0.1, 0.15) is 17.4 Å².